The fourth-order valence-electron chi connectivity index (χ4n) is 2.24. The number of benzene rings is 1. The van der Waals surface area contributed by atoms with Gasteiger partial charge in [0, 0.05) is 17.0 Å². The van der Waals surface area contributed by atoms with Crippen molar-refractivity contribution in [3.05, 3.63) is 33.8 Å². The first-order valence-corrected chi connectivity index (χ1v) is 6.31. The van der Waals surface area contributed by atoms with Crippen LogP contribution in [0.15, 0.2) is 22.7 Å². The lowest BCUT2D eigenvalue weighted by molar-refractivity contribution is 0.176. The second-order valence-corrected chi connectivity index (χ2v) is 5.18. The summed E-state index contributed by atoms with van der Waals surface area (Å²) in [5, 5.41) is 0. The molecule has 0 saturated carbocycles. The topological polar surface area (TPSA) is 47.3 Å². The lowest BCUT2D eigenvalue weighted by atomic mass is 9.90. The van der Waals surface area contributed by atoms with Crippen LogP contribution in [0.4, 0.5) is 0 Å². The van der Waals surface area contributed by atoms with Crippen molar-refractivity contribution in [3.63, 3.8) is 0 Å². The molecule has 3 N–H and O–H groups in total. The number of hydrogen-bond donors (Lipinski definition) is 2. The van der Waals surface area contributed by atoms with Gasteiger partial charge >= 0.3 is 0 Å². The molecule has 1 aliphatic heterocycles. The Morgan fingerprint density at radius 1 is 1.56 bits per heavy atom. The molecule has 1 fully saturated rings. The van der Waals surface area contributed by atoms with Crippen LogP contribution in [0.2, 0.25) is 0 Å². The van der Waals surface area contributed by atoms with Crippen LogP contribution in [0, 0.1) is 12.8 Å². The molecule has 1 aromatic carbocycles. The second-order valence-electron chi connectivity index (χ2n) is 4.27. The van der Waals surface area contributed by atoms with Crippen molar-refractivity contribution >= 4 is 15.9 Å². The maximum absolute atomic E-state index is 5.68. The van der Waals surface area contributed by atoms with Crippen LogP contribution in [0.5, 0.6) is 0 Å². The summed E-state index contributed by atoms with van der Waals surface area (Å²) in [6.07, 6.45) is 1.07. The molecular weight excluding hydrogens is 268 g/mol. The van der Waals surface area contributed by atoms with E-state index in [2.05, 4.69) is 46.5 Å². The summed E-state index contributed by atoms with van der Waals surface area (Å²) in [6.45, 7) is 3.75. The minimum Gasteiger partial charge on any atom is -0.381 e. The number of ether oxygens (including phenoxy) is 1. The van der Waals surface area contributed by atoms with E-state index in [1.165, 1.54) is 11.1 Å². The molecule has 2 rings (SSSR count). The summed E-state index contributed by atoms with van der Waals surface area (Å²) >= 11 is 3.50. The highest BCUT2D eigenvalue weighted by atomic mass is 79.9. The molecule has 1 aromatic rings. The molecule has 1 heterocycles. The van der Waals surface area contributed by atoms with Gasteiger partial charge in [0.15, 0.2) is 0 Å². The van der Waals surface area contributed by atoms with Gasteiger partial charge in [0.2, 0.25) is 0 Å². The van der Waals surface area contributed by atoms with Gasteiger partial charge in [-0.1, -0.05) is 22.0 Å². The Kier molecular flexibility index (Phi) is 3.97. The molecule has 2 atom stereocenters. The van der Waals surface area contributed by atoms with E-state index in [0.29, 0.717) is 5.92 Å². The van der Waals surface area contributed by atoms with Gasteiger partial charge in [0.05, 0.1) is 12.6 Å². The zero-order valence-electron chi connectivity index (χ0n) is 9.37. The van der Waals surface area contributed by atoms with Crippen molar-refractivity contribution in [2.24, 2.45) is 11.8 Å². The summed E-state index contributed by atoms with van der Waals surface area (Å²) in [5.74, 6) is 6.15. The normalized spacial score (nSPS) is 22.3. The van der Waals surface area contributed by atoms with E-state index < -0.39 is 0 Å². The average Bonchev–Trinajstić information content (AvgIpc) is 2.78. The molecule has 0 bridgehead atoms. The lowest BCUT2D eigenvalue weighted by Gasteiger charge is -2.23. The van der Waals surface area contributed by atoms with Crippen molar-refractivity contribution in [3.8, 4) is 0 Å². The lowest BCUT2D eigenvalue weighted by Crippen LogP contribution is -2.34. The van der Waals surface area contributed by atoms with Crippen molar-refractivity contribution in [2.75, 3.05) is 13.2 Å². The van der Waals surface area contributed by atoms with Crippen LogP contribution in [-0.2, 0) is 4.74 Å². The Hall–Kier alpha value is -0.420. The molecule has 0 spiro atoms. The molecule has 0 aromatic heterocycles. The minimum atomic E-state index is 0.181. The maximum Gasteiger partial charge on any atom is 0.0513 e. The van der Waals surface area contributed by atoms with Gasteiger partial charge < -0.3 is 4.74 Å². The quantitative estimate of drug-likeness (QED) is 0.661. The first-order chi connectivity index (χ1) is 7.72. The molecule has 4 heteroatoms. The van der Waals surface area contributed by atoms with Crippen LogP contribution < -0.4 is 11.3 Å². The summed E-state index contributed by atoms with van der Waals surface area (Å²) in [7, 11) is 0. The third-order valence-corrected chi connectivity index (χ3v) is 3.69. The Bertz CT molecular complexity index is 364. The minimum absolute atomic E-state index is 0.181. The highest BCUT2D eigenvalue weighted by molar-refractivity contribution is 9.10. The van der Waals surface area contributed by atoms with E-state index in [-0.39, 0.29) is 6.04 Å². The molecule has 2 unspecified atom stereocenters. The van der Waals surface area contributed by atoms with Gasteiger partial charge in [-0.05, 0) is 36.6 Å². The maximum atomic E-state index is 5.68. The van der Waals surface area contributed by atoms with Crippen LogP contribution in [0.3, 0.4) is 0 Å². The number of hydrogen-bond acceptors (Lipinski definition) is 3. The van der Waals surface area contributed by atoms with E-state index in [0.717, 1.165) is 24.1 Å². The molecular formula is C12H17BrN2O. The Balaban J connectivity index is 2.28. The highest BCUT2D eigenvalue weighted by Gasteiger charge is 2.27. The summed E-state index contributed by atoms with van der Waals surface area (Å²) in [4.78, 5) is 0. The van der Waals surface area contributed by atoms with Crippen LogP contribution in [-0.4, -0.2) is 13.2 Å². The van der Waals surface area contributed by atoms with Gasteiger partial charge in [0.1, 0.15) is 0 Å². The van der Waals surface area contributed by atoms with Crippen molar-refractivity contribution in [1.82, 2.24) is 5.43 Å². The first kappa shape index (κ1) is 12.0. The number of aryl methyl sites for hydroxylation is 1. The van der Waals surface area contributed by atoms with Crippen molar-refractivity contribution < 1.29 is 4.74 Å². The van der Waals surface area contributed by atoms with Gasteiger partial charge in [-0.25, -0.2) is 0 Å². The fourth-order valence-corrected chi connectivity index (χ4v) is 2.62. The van der Waals surface area contributed by atoms with Crippen molar-refractivity contribution in [2.45, 2.75) is 19.4 Å². The average molecular weight is 285 g/mol. The smallest absolute Gasteiger partial charge is 0.0513 e. The summed E-state index contributed by atoms with van der Waals surface area (Å²) in [6, 6.07) is 6.48. The Labute approximate surface area is 104 Å². The molecule has 1 saturated heterocycles. The molecule has 16 heavy (non-hydrogen) atoms. The summed E-state index contributed by atoms with van der Waals surface area (Å²) < 4.78 is 6.51. The Morgan fingerprint density at radius 2 is 2.38 bits per heavy atom. The molecule has 88 valence electrons. The van der Waals surface area contributed by atoms with Gasteiger partial charge in [0.25, 0.3) is 0 Å². The second kappa shape index (κ2) is 5.27. The van der Waals surface area contributed by atoms with E-state index in [4.69, 9.17) is 10.6 Å². The predicted octanol–water partition coefficient (Wildman–Crippen LogP) is 2.30. The van der Waals surface area contributed by atoms with Gasteiger partial charge in [-0.3, -0.25) is 11.3 Å². The van der Waals surface area contributed by atoms with Crippen LogP contribution >= 0.6 is 15.9 Å². The summed E-state index contributed by atoms with van der Waals surface area (Å²) in [5.41, 5.74) is 5.45. The SMILES string of the molecule is Cc1ccc(Br)cc1C(NN)C1CCOC1. The fraction of sp³-hybridized carbons (Fsp3) is 0.500. The highest BCUT2D eigenvalue weighted by Crippen LogP contribution is 2.31. The standard InChI is InChI=1S/C12H17BrN2O/c1-8-2-3-10(13)6-11(8)12(15-14)9-4-5-16-7-9/h2-3,6,9,12,15H,4-5,7,14H2,1H3. The van der Waals surface area contributed by atoms with E-state index in [1.807, 2.05) is 0 Å². The van der Waals surface area contributed by atoms with Crippen LogP contribution in [0.25, 0.3) is 0 Å². The van der Waals surface area contributed by atoms with Gasteiger partial charge in [-0.15, -0.1) is 0 Å². The molecule has 0 aliphatic carbocycles. The van der Waals surface area contributed by atoms with E-state index in [9.17, 15) is 0 Å². The molecule has 0 radical (unpaired) electrons. The molecule has 3 nitrogen and oxygen atoms in total. The van der Waals surface area contributed by atoms with E-state index in [1.54, 1.807) is 0 Å². The number of nitrogens with one attached hydrogen (secondary N) is 1. The monoisotopic (exact) mass is 284 g/mol. The zero-order valence-corrected chi connectivity index (χ0v) is 11.0. The van der Waals surface area contributed by atoms with E-state index >= 15 is 0 Å². The molecule has 0 amide bonds. The largest absolute Gasteiger partial charge is 0.381 e. The molecule has 1 aliphatic rings. The first-order valence-electron chi connectivity index (χ1n) is 5.52. The number of rotatable bonds is 3. The van der Waals surface area contributed by atoms with Gasteiger partial charge in [-0.2, -0.15) is 0 Å². The number of halogens is 1. The number of nitrogens with two attached hydrogens (primary N) is 1. The van der Waals surface area contributed by atoms with Crippen molar-refractivity contribution in [1.29, 1.82) is 0 Å². The predicted molar refractivity (Wildman–Crippen MR) is 67.9 cm³/mol. The number of hydrazine groups is 1. The zero-order chi connectivity index (χ0) is 11.5. The third kappa shape index (κ3) is 2.46. The Morgan fingerprint density at radius 3 is 3.00 bits per heavy atom. The van der Waals surface area contributed by atoms with Crippen LogP contribution in [0.1, 0.15) is 23.6 Å². The third-order valence-electron chi connectivity index (χ3n) is 3.19.